The number of ether oxygens (including phenoxy) is 1. The highest BCUT2D eigenvalue weighted by Crippen LogP contribution is 2.32. The number of anilines is 1. The number of carbonyl (C=O) groups excluding carboxylic acids is 2. The fraction of sp³-hybridized carbons (Fsp3) is 0.318. The van der Waals surface area contributed by atoms with Crippen molar-refractivity contribution in [3.8, 4) is 0 Å². The van der Waals surface area contributed by atoms with Crippen molar-refractivity contribution in [2.45, 2.75) is 32.0 Å². The second kappa shape index (κ2) is 10.2. The molecule has 32 heavy (non-hydrogen) atoms. The van der Waals surface area contributed by atoms with E-state index in [0.29, 0.717) is 18.1 Å². The van der Waals surface area contributed by atoms with Crippen molar-refractivity contribution >= 4 is 23.9 Å². The number of nitrogens with zero attached hydrogens (tertiary/aromatic N) is 1. The topological polar surface area (TPSA) is 96.1 Å². The van der Waals surface area contributed by atoms with Gasteiger partial charge in [-0.25, -0.2) is 4.98 Å². The number of hydrogen-bond donors (Lipinski definition) is 3. The Morgan fingerprint density at radius 2 is 2.09 bits per heavy atom. The summed E-state index contributed by atoms with van der Waals surface area (Å²) in [6, 6.07) is 3.92. The van der Waals surface area contributed by atoms with Crippen molar-refractivity contribution < 1.29 is 27.5 Å². The molecule has 3 rings (SSSR count). The number of fused-ring (bicyclic) bond motifs is 1. The van der Waals surface area contributed by atoms with Crippen molar-refractivity contribution in [1.29, 1.82) is 0 Å². The van der Waals surface area contributed by atoms with Crippen LogP contribution in [-0.4, -0.2) is 35.0 Å². The van der Waals surface area contributed by atoms with E-state index < -0.39 is 29.7 Å². The zero-order valence-electron chi connectivity index (χ0n) is 17.3. The third-order valence-corrected chi connectivity index (χ3v) is 4.69. The Balaban J connectivity index is 1.81. The molecule has 1 aliphatic rings. The molecule has 1 aromatic carbocycles. The SMILES string of the molecule is CCOC(=O)CNC(=O)CC(Nc1nc2c([nH]1)CC=CC=C2)c1cccc(C(F)(F)F)c1. The maximum atomic E-state index is 13.2. The van der Waals surface area contributed by atoms with Gasteiger partial charge in [0.25, 0.3) is 0 Å². The lowest BCUT2D eigenvalue weighted by atomic mass is 10.0. The van der Waals surface area contributed by atoms with Crippen molar-refractivity contribution in [3.63, 3.8) is 0 Å². The molecule has 1 heterocycles. The molecule has 3 N–H and O–H groups in total. The molecule has 0 spiro atoms. The van der Waals surface area contributed by atoms with Gasteiger partial charge in [0.15, 0.2) is 0 Å². The van der Waals surface area contributed by atoms with Crippen LogP contribution < -0.4 is 10.6 Å². The standard InChI is InChI=1S/C22H23F3N4O3/c1-2-32-20(31)13-26-19(30)12-18(14-7-6-8-15(11-14)22(23,24)25)29-21-27-16-9-4-3-5-10-17(16)28-21/h3-9,11,18H,2,10,12-13H2,1H3,(H,26,30)(H2,27,28,29). The van der Waals surface area contributed by atoms with Crippen LogP contribution in [0.25, 0.3) is 6.08 Å². The Bertz CT molecular complexity index is 1030. The Labute approximate surface area is 182 Å². The van der Waals surface area contributed by atoms with E-state index in [2.05, 4.69) is 20.6 Å². The molecule has 2 aromatic rings. The second-order valence-corrected chi connectivity index (χ2v) is 7.05. The summed E-state index contributed by atoms with van der Waals surface area (Å²) in [7, 11) is 0. The van der Waals surface area contributed by atoms with Crippen LogP contribution in [0.2, 0.25) is 0 Å². The molecule has 0 radical (unpaired) electrons. The first-order valence-electron chi connectivity index (χ1n) is 10.0. The predicted molar refractivity (Wildman–Crippen MR) is 113 cm³/mol. The molecule has 0 aliphatic heterocycles. The van der Waals surface area contributed by atoms with Gasteiger partial charge in [-0.3, -0.25) is 9.59 Å². The van der Waals surface area contributed by atoms with Gasteiger partial charge >= 0.3 is 12.1 Å². The first-order valence-corrected chi connectivity index (χ1v) is 10.0. The van der Waals surface area contributed by atoms with Crippen LogP contribution >= 0.6 is 0 Å². The number of H-pyrrole nitrogens is 1. The molecule has 0 bridgehead atoms. The first kappa shape index (κ1) is 23.1. The van der Waals surface area contributed by atoms with E-state index in [1.807, 2.05) is 24.3 Å². The summed E-state index contributed by atoms with van der Waals surface area (Å²) in [5, 5.41) is 5.45. The minimum Gasteiger partial charge on any atom is -0.465 e. The summed E-state index contributed by atoms with van der Waals surface area (Å²) in [4.78, 5) is 31.4. The Hall–Kier alpha value is -3.56. The highest BCUT2D eigenvalue weighted by molar-refractivity contribution is 5.82. The molecule has 0 saturated heterocycles. The van der Waals surface area contributed by atoms with Crippen LogP contribution in [0.3, 0.4) is 0 Å². The fourth-order valence-corrected chi connectivity index (χ4v) is 3.19. The number of benzene rings is 1. The molecule has 0 fully saturated rings. The summed E-state index contributed by atoms with van der Waals surface area (Å²) < 4.78 is 44.4. The maximum absolute atomic E-state index is 13.2. The quantitative estimate of drug-likeness (QED) is 0.535. The van der Waals surface area contributed by atoms with E-state index in [9.17, 15) is 22.8 Å². The monoisotopic (exact) mass is 448 g/mol. The molecule has 10 heteroatoms. The van der Waals surface area contributed by atoms with Crippen LogP contribution in [0.4, 0.5) is 19.1 Å². The molecule has 170 valence electrons. The van der Waals surface area contributed by atoms with Crippen LogP contribution in [0.5, 0.6) is 0 Å². The summed E-state index contributed by atoms with van der Waals surface area (Å²) in [5.41, 5.74) is 0.976. The summed E-state index contributed by atoms with van der Waals surface area (Å²) in [5.74, 6) is -0.793. The molecule has 1 unspecified atom stereocenters. The molecular weight excluding hydrogens is 425 g/mol. The smallest absolute Gasteiger partial charge is 0.416 e. The lowest BCUT2D eigenvalue weighted by Crippen LogP contribution is -2.32. The number of amides is 1. The number of hydrogen-bond acceptors (Lipinski definition) is 5. The number of esters is 1. The summed E-state index contributed by atoms with van der Waals surface area (Å²) in [6.45, 7) is 1.49. The average molecular weight is 448 g/mol. The fourth-order valence-electron chi connectivity index (χ4n) is 3.19. The number of aromatic nitrogens is 2. The largest absolute Gasteiger partial charge is 0.465 e. The van der Waals surface area contributed by atoms with Gasteiger partial charge in [0.05, 0.1) is 30.3 Å². The van der Waals surface area contributed by atoms with Crippen molar-refractivity contribution in [2.75, 3.05) is 18.5 Å². The Morgan fingerprint density at radius 1 is 1.28 bits per heavy atom. The number of halogens is 3. The third-order valence-electron chi connectivity index (χ3n) is 4.69. The van der Waals surface area contributed by atoms with Crippen LogP contribution in [-0.2, 0) is 26.9 Å². The van der Waals surface area contributed by atoms with Gasteiger partial charge in [-0.2, -0.15) is 13.2 Å². The maximum Gasteiger partial charge on any atom is 0.416 e. The molecule has 1 aliphatic carbocycles. The van der Waals surface area contributed by atoms with Gasteiger partial charge in [0.2, 0.25) is 11.9 Å². The second-order valence-electron chi connectivity index (χ2n) is 7.05. The number of aromatic amines is 1. The number of alkyl halides is 3. The normalized spacial score (nSPS) is 13.8. The van der Waals surface area contributed by atoms with Crippen LogP contribution in [0.15, 0.2) is 42.5 Å². The number of carbonyl (C=O) groups is 2. The third kappa shape index (κ3) is 6.22. The first-order chi connectivity index (χ1) is 15.3. The van der Waals surface area contributed by atoms with Gasteiger partial charge in [0.1, 0.15) is 6.54 Å². The highest BCUT2D eigenvalue weighted by Gasteiger charge is 2.31. The summed E-state index contributed by atoms with van der Waals surface area (Å²) in [6.07, 6.45) is 3.35. The van der Waals surface area contributed by atoms with Gasteiger partial charge in [-0.15, -0.1) is 0 Å². The predicted octanol–water partition coefficient (Wildman–Crippen LogP) is 3.78. The van der Waals surface area contributed by atoms with E-state index in [1.54, 1.807) is 6.92 Å². The van der Waals surface area contributed by atoms with E-state index in [-0.39, 0.29) is 25.1 Å². The number of allylic oxidation sites excluding steroid dienone is 3. The highest BCUT2D eigenvalue weighted by atomic mass is 19.4. The number of nitrogens with one attached hydrogen (secondary N) is 3. The molecular formula is C22H23F3N4O3. The molecule has 7 nitrogen and oxygen atoms in total. The number of imidazole rings is 1. The molecule has 0 saturated carbocycles. The van der Waals surface area contributed by atoms with Crippen molar-refractivity contribution in [2.24, 2.45) is 0 Å². The lowest BCUT2D eigenvalue weighted by molar-refractivity contribution is -0.143. The van der Waals surface area contributed by atoms with Gasteiger partial charge in [0, 0.05) is 12.1 Å². The minimum atomic E-state index is -4.52. The minimum absolute atomic E-state index is 0.177. The van der Waals surface area contributed by atoms with E-state index >= 15 is 0 Å². The Morgan fingerprint density at radius 3 is 2.84 bits per heavy atom. The van der Waals surface area contributed by atoms with E-state index in [0.717, 1.165) is 17.8 Å². The Kier molecular flexibility index (Phi) is 7.34. The van der Waals surface area contributed by atoms with Crippen molar-refractivity contribution in [3.05, 3.63) is 65.0 Å². The lowest BCUT2D eigenvalue weighted by Gasteiger charge is -2.20. The zero-order chi connectivity index (χ0) is 23.1. The summed E-state index contributed by atoms with van der Waals surface area (Å²) >= 11 is 0. The molecule has 1 amide bonds. The van der Waals surface area contributed by atoms with Gasteiger partial charge in [-0.1, -0.05) is 30.4 Å². The van der Waals surface area contributed by atoms with Crippen molar-refractivity contribution in [1.82, 2.24) is 15.3 Å². The average Bonchev–Trinajstić information content (AvgIpc) is 2.99. The van der Waals surface area contributed by atoms with Gasteiger partial charge in [-0.05, 0) is 30.7 Å². The molecule has 1 atom stereocenters. The van der Waals surface area contributed by atoms with Crippen LogP contribution in [0, 0.1) is 0 Å². The van der Waals surface area contributed by atoms with E-state index in [1.165, 1.54) is 12.1 Å². The van der Waals surface area contributed by atoms with Gasteiger partial charge < -0.3 is 20.4 Å². The molecule has 1 aromatic heterocycles. The zero-order valence-corrected chi connectivity index (χ0v) is 17.3. The van der Waals surface area contributed by atoms with E-state index in [4.69, 9.17) is 4.74 Å². The van der Waals surface area contributed by atoms with Crippen LogP contribution in [0.1, 0.15) is 41.9 Å². The number of rotatable bonds is 8.